The first kappa shape index (κ1) is 12.3. The van der Waals surface area contributed by atoms with Gasteiger partial charge in [0.05, 0.1) is 21.9 Å². The maximum absolute atomic E-state index is 6.32. The molecule has 0 aliphatic carbocycles. The molecule has 0 amide bonds. The molecule has 5 heteroatoms. The van der Waals surface area contributed by atoms with Crippen LogP contribution in [0.3, 0.4) is 0 Å². The van der Waals surface area contributed by atoms with Gasteiger partial charge in [0.2, 0.25) is 0 Å². The van der Waals surface area contributed by atoms with E-state index in [0.717, 1.165) is 47.9 Å². The summed E-state index contributed by atoms with van der Waals surface area (Å²) in [5.41, 5.74) is 1.92. The highest BCUT2D eigenvalue weighted by Gasteiger charge is 2.22. The Labute approximate surface area is 116 Å². The van der Waals surface area contributed by atoms with Gasteiger partial charge in [0.1, 0.15) is 5.82 Å². The monoisotopic (exact) mass is 284 g/mol. The molecule has 0 bridgehead atoms. The van der Waals surface area contributed by atoms with Crippen molar-refractivity contribution < 1.29 is 4.74 Å². The zero-order chi connectivity index (χ0) is 12.5. The summed E-state index contributed by atoms with van der Waals surface area (Å²) in [5, 5.41) is 0.739. The molecule has 1 fully saturated rings. The zero-order valence-electron chi connectivity index (χ0n) is 9.90. The Hall–Kier alpha value is -0.770. The highest BCUT2D eigenvalue weighted by atomic mass is 35.5. The number of nitrogens with zero attached hydrogens (tertiary/aromatic N) is 2. The first-order chi connectivity index (χ1) is 8.81. The van der Waals surface area contributed by atoms with Gasteiger partial charge in [-0.3, -0.25) is 0 Å². The molecular formula is C13H14Cl2N2O. The highest BCUT2D eigenvalue weighted by Crippen LogP contribution is 2.32. The molecule has 1 aliphatic rings. The van der Waals surface area contributed by atoms with Gasteiger partial charge in [-0.2, -0.15) is 0 Å². The third kappa shape index (κ3) is 2.00. The fraction of sp³-hybridized carbons (Fsp3) is 0.462. The van der Waals surface area contributed by atoms with Crippen molar-refractivity contribution in [2.24, 2.45) is 0 Å². The zero-order valence-corrected chi connectivity index (χ0v) is 11.4. The molecule has 0 saturated carbocycles. The lowest BCUT2D eigenvalue weighted by Gasteiger charge is -2.25. The van der Waals surface area contributed by atoms with Crippen molar-refractivity contribution in [3.63, 3.8) is 0 Å². The van der Waals surface area contributed by atoms with Crippen LogP contribution in [0.5, 0.6) is 0 Å². The second-order valence-corrected chi connectivity index (χ2v) is 5.16. The van der Waals surface area contributed by atoms with Crippen LogP contribution in [-0.4, -0.2) is 22.8 Å². The van der Waals surface area contributed by atoms with Crippen LogP contribution in [0.2, 0.25) is 5.02 Å². The van der Waals surface area contributed by atoms with Crippen molar-refractivity contribution in [1.29, 1.82) is 0 Å². The molecule has 2 aromatic rings. The van der Waals surface area contributed by atoms with Gasteiger partial charge in [-0.05, 0) is 25.0 Å². The first-order valence-corrected chi connectivity index (χ1v) is 7.01. The van der Waals surface area contributed by atoms with Crippen LogP contribution >= 0.6 is 23.2 Å². The molecule has 1 aromatic heterocycles. The number of alkyl halides is 1. The second-order valence-electron chi connectivity index (χ2n) is 4.48. The lowest BCUT2D eigenvalue weighted by Crippen LogP contribution is -2.21. The standard InChI is InChI=1S/C13H14Cl2N2O/c14-8-12-16-11-3-1-2-10(15)13(11)17(12)9-4-6-18-7-5-9/h1-3,9H,4-8H2. The molecule has 0 N–H and O–H groups in total. The van der Waals surface area contributed by atoms with Crippen LogP contribution in [0, 0.1) is 0 Å². The van der Waals surface area contributed by atoms with E-state index in [1.165, 1.54) is 0 Å². The summed E-state index contributed by atoms with van der Waals surface area (Å²) >= 11 is 12.3. The van der Waals surface area contributed by atoms with Gasteiger partial charge in [0, 0.05) is 19.3 Å². The summed E-state index contributed by atoms with van der Waals surface area (Å²) in [7, 11) is 0. The Bertz CT molecular complexity index is 561. The van der Waals surface area contributed by atoms with E-state index in [1.54, 1.807) is 0 Å². The minimum Gasteiger partial charge on any atom is -0.381 e. The second kappa shape index (κ2) is 5.08. The summed E-state index contributed by atoms with van der Waals surface area (Å²) in [4.78, 5) is 4.57. The number of rotatable bonds is 2. The van der Waals surface area contributed by atoms with E-state index in [0.29, 0.717) is 11.9 Å². The van der Waals surface area contributed by atoms with Crippen molar-refractivity contribution in [2.75, 3.05) is 13.2 Å². The molecule has 3 nitrogen and oxygen atoms in total. The SMILES string of the molecule is ClCc1nc2cccc(Cl)c2n1C1CCOCC1. The van der Waals surface area contributed by atoms with Crippen LogP contribution in [0.15, 0.2) is 18.2 Å². The van der Waals surface area contributed by atoms with E-state index >= 15 is 0 Å². The third-order valence-corrected chi connectivity index (χ3v) is 3.95. The third-order valence-electron chi connectivity index (χ3n) is 3.41. The van der Waals surface area contributed by atoms with Crippen molar-refractivity contribution in [1.82, 2.24) is 9.55 Å². The molecule has 0 unspecified atom stereocenters. The van der Waals surface area contributed by atoms with Crippen molar-refractivity contribution in [2.45, 2.75) is 24.8 Å². The minimum atomic E-state index is 0.386. The van der Waals surface area contributed by atoms with E-state index in [4.69, 9.17) is 27.9 Å². The average molecular weight is 285 g/mol. The number of halogens is 2. The Balaban J connectivity index is 2.17. The largest absolute Gasteiger partial charge is 0.381 e. The number of para-hydroxylation sites is 1. The van der Waals surface area contributed by atoms with Gasteiger partial charge in [-0.1, -0.05) is 17.7 Å². The summed E-state index contributed by atoms with van der Waals surface area (Å²) in [6.45, 7) is 1.58. The Kier molecular flexibility index (Phi) is 3.46. The first-order valence-electron chi connectivity index (χ1n) is 6.10. The van der Waals surface area contributed by atoms with Crippen molar-refractivity contribution in [3.05, 3.63) is 29.0 Å². The van der Waals surface area contributed by atoms with Gasteiger partial charge >= 0.3 is 0 Å². The molecular weight excluding hydrogens is 271 g/mol. The van der Waals surface area contributed by atoms with Crippen LogP contribution in [-0.2, 0) is 10.6 Å². The number of hydrogen-bond acceptors (Lipinski definition) is 2. The summed E-state index contributed by atoms with van der Waals surface area (Å²) in [5.74, 6) is 1.30. The molecule has 96 valence electrons. The predicted molar refractivity (Wildman–Crippen MR) is 73.4 cm³/mol. The van der Waals surface area contributed by atoms with Gasteiger partial charge in [0.15, 0.2) is 0 Å². The molecule has 2 heterocycles. The normalized spacial score (nSPS) is 17.4. The number of aromatic nitrogens is 2. The number of ether oxygens (including phenoxy) is 1. The van der Waals surface area contributed by atoms with Crippen molar-refractivity contribution >= 4 is 34.2 Å². The fourth-order valence-electron chi connectivity index (χ4n) is 2.59. The van der Waals surface area contributed by atoms with E-state index in [9.17, 15) is 0 Å². The van der Waals surface area contributed by atoms with E-state index in [1.807, 2.05) is 18.2 Å². The maximum atomic E-state index is 6.32. The Morgan fingerprint density at radius 3 is 2.83 bits per heavy atom. The van der Waals surface area contributed by atoms with Crippen LogP contribution < -0.4 is 0 Å². The summed E-state index contributed by atoms with van der Waals surface area (Å²) in [6.07, 6.45) is 1.97. The van der Waals surface area contributed by atoms with Crippen LogP contribution in [0.1, 0.15) is 24.7 Å². The summed E-state index contributed by atoms with van der Waals surface area (Å²) in [6, 6.07) is 6.19. The van der Waals surface area contributed by atoms with Gasteiger partial charge < -0.3 is 9.30 Å². The van der Waals surface area contributed by atoms with E-state index in [-0.39, 0.29) is 0 Å². The van der Waals surface area contributed by atoms with Crippen LogP contribution in [0.4, 0.5) is 0 Å². The quantitative estimate of drug-likeness (QED) is 0.785. The number of hydrogen-bond donors (Lipinski definition) is 0. The molecule has 18 heavy (non-hydrogen) atoms. The van der Waals surface area contributed by atoms with E-state index < -0.39 is 0 Å². The fourth-order valence-corrected chi connectivity index (χ4v) is 3.03. The van der Waals surface area contributed by atoms with Gasteiger partial charge in [0.25, 0.3) is 0 Å². The lowest BCUT2D eigenvalue weighted by atomic mass is 10.1. The van der Waals surface area contributed by atoms with Crippen LogP contribution in [0.25, 0.3) is 11.0 Å². The average Bonchev–Trinajstić information content (AvgIpc) is 2.79. The molecule has 1 aromatic carbocycles. The molecule has 1 aliphatic heterocycles. The molecule has 1 saturated heterocycles. The molecule has 0 spiro atoms. The predicted octanol–water partition coefficient (Wildman–Crippen LogP) is 3.78. The Morgan fingerprint density at radius 1 is 1.33 bits per heavy atom. The molecule has 0 radical (unpaired) electrons. The summed E-state index contributed by atoms with van der Waals surface area (Å²) < 4.78 is 7.62. The van der Waals surface area contributed by atoms with Gasteiger partial charge in [-0.15, -0.1) is 11.6 Å². The van der Waals surface area contributed by atoms with E-state index in [2.05, 4.69) is 9.55 Å². The number of benzene rings is 1. The van der Waals surface area contributed by atoms with Crippen molar-refractivity contribution in [3.8, 4) is 0 Å². The minimum absolute atomic E-state index is 0.386. The molecule has 3 rings (SSSR count). The maximum Gasteiger partial charge on any atom is 0.125 e. The topological polar surface area (TPSA) is 27.1 Å². The smallest absolute Gasteiger partial charge is 0.125 e. The molecule has 0 atom stereocenters. The number of fused-ring (bicyclic) bond motifs is 1. The number of imidazole rings is 1. The lowest BCUT2D eigenvalue weighted by molar-refractivity contribution is 0.0700. The highest BCUT2D eigenvalue weighted by molar-refractivity contribution is 6.35. The van der Waals surface area contributed by atoms with Gasteiger partial charge in [-0.25, -0.2) is 4.98 Å². The Morgan fingerprint density at radius 2 is 2.11 bits per heavy atom.